The van der Waals surface area contributed by atoms with Crippen molar-refractivity contribution < 1.29 is 28.6 Å². The number of carboxylic acids is 1. The topological polar surface area (TPSA) is 86.6 Å². The van der Waals surface area contributed by atoms with E-state index >= 15 is 0 Å². The van der Waals surface area contributed by atoms with Crippen LogP contribution in [0.15, 0.2) is 0 Å². The number of aliphatic carboxylic acids is 1. The lowest BCUT2D eigenvalue weighted by Gasteiger charge is -2.27. The van der Waals surface area contributed by atoms with Gasteiger partial charge in [-0.05, 0) is 12.8 Å². The van der Waals surface area contributed by atoms with E-state index in [9.17, 15) is 18.4 Å². The number of hydrogen-bond acceptors (Lipinski definition) is 3. The molecule has 0 bridgehead atoms. The van der Waals surface area contributed by atoms with Crippen LogP contribution in [0.4, 0.5) is 8.78 Å². The first-order valence-electron chi connectivity index (χ1n) is 5.38. The molecule has 1 atom stereocenters. The summed E-state index contributed by atoms with van der Waals surface area (Å²) in [7, 11) is 0. The Kier molecular flexibility index (Phi) is 4.39. The summed E-state index contributed by atoms with van der Waals surface area (Å²) >= 11 is 0. The van der Waals surface area contributed by atoms with Crippen molar-refractivity contribution in [1.82, 2.24) is 5.32 Å². The fourth-order valence-corrected chi connectivity index (χ4v) is 1.73. The van der Waals surface area contributed by atoms with Gasteiger partial charge in [-0.1, -0.05) is 0 Å². The van der Waals surface area contributed by atoms with Crippen LogP contribution in [0.2, 0.25) is 0 Å². The van der Waals surface area contributed by atoms with E-state index < -0.39 is 36.4 Å². The minimum Gasteiger partial charge on any atom is -0.479 e. The van der Waals surface area contributed by atoms with Crippen LogP contribution < -0.4 is 5.32 Å². The summed E-state index contributed by atoms with van der Waals surface area (Å²) in [6, 6.07) is 0. The fraction of sp³-hybridized carbons (Fsp3) is 0.800. The van der Waals surface area contributed by atoms with E-state index in [0.29, 0.717) is 0 Å². The monoisotopic (exact) mass is 251 g/mol. The number of alkyl halides is 2. The molecule has 0 aliphatic heterocycles. The van der Waals surface area contributed by atoms with Gasteiger partial charge in [0.1, 0.15) is 0 Å². The molecular weight excluding hydrogens is 236 g/mol. The summed E-state index contributed by atoms with van der Waals surface area (Å²) in [5.74, 6) is -5.12. The Morgan fingerprint density at radius 1 is 1.35 bits per heavy atom. The Bertz CT molecular complexity index is 299. The largest absolute Gasteiger partial charge is 0.479 e. The summed E-state index contributed by atoms with van der Waals surface area (Å²) in [6.07, 6.45) is -2.15. The standard InChI is InChI=1S/C10H15F2NO4/c11-10(12)3-1-6(2-4-10)8(15)13-5-7(14)9(16)17/h6-7,14H,1-5H2,(H,13,15)(H,16,17)/t7-/m0/s1. The number of nitrogens with one attached hydrogen (secondary N) is 1. The van der Waals surface area contributed by atoms with Crippen molar-refractivity contribution in [3.63, 3.8) is 0 Å². The highest BCUT2D eigenvalue weighted by atomic mass is 19.3. The zero-order chi connectivity index (χ0) is 13.1. The molecule has 0 saturated heterocycles. The van der Waals surface area contributed by atoms with Gasteiger partial charge in [0.2, 0.25) is 11.8 Å². The van der Waals surface area contributed by atoms with Gasteiger partial charge in [-0.25, -0.2) is 13.6 Å². The predicted octanol–water partition coefficient (Wildman–Crippen LogP) is 0.374. The summed E-state index contributed by atoms with van der Waals surface area (Å²) in [5.41, 5.74) is 0. The molecule has 17 heavy (non-hydrogen) atoms. The van der Waals surface area contributed by atoms with Crippen LogP contribution in [0, 0.1) is 5.92 Å². The first-order chi connectivity index (χ1) is 7.82. The molecule has 1 aliphatic carbocycles. The van der Waals surface area contributed by atoms with E-state index in [1.165, 1.54) is 0 Å². The zero-order valence-electron chi connectivity index (χ0n) is 9.16. The average Bonchev–Trinajstić information content (AvgIpc) is 2.25. The van der Waals surface area contributed by atoms with Crippen LogP contribution in [0.5, 0.6) is 0 Å². The third-order valence-electron chi connectivity index (χ3n) is 2.84. The van der Waals surface area contributed by atoms with Crippen molar-refractivity contribution in [2.45, 2.75) is 37.7 Å². The lowest BCUT2D eigenvalue weighted by Crippen LogP contribution is -2.41. The Morgan fingerprint density at radius 3 is 2.35 bits per heavy atom. The lowest BCUT2D eigenvalue weighted by molar-refractivity contribution is -0.146. The molecule has 1 saturated carbocycles. The second kappa shape index (κ2) is 5.39. The number of carboxylic acid groups (broad SMARTS) is 1. The molecule has 98 valence electrons. The molecule has 0 spiro atoms. The molecule has 0 radical (unpaired) electrons. The summed E-state index contributed by atoms with van der Waals surface area (Å²) in [4.78, 5) is 21.7. The van der Waals surface area contributed by atoms with Crippen molar-refractivity contribution >= 4 is 11.9 Å². The van der Waals surface area contributed by atoms with E-state index in [1.54, 1.807) is 0 Å². The zero-order valence-corrected chi connectivity index (χ0v) is 9.16. The van der Waals surface area contributed by atoms with E-state index in [2.05, 4.69) is 5.32 Å². The van der Waals surface area contributed by atoms with Gasteiger partial charge in [0.05, 0.1) is 6.54 Å². The maximum absolute atomic E-state index is 12.8. The summed E-state index contributed by atoms with van der Waals surface area (Å²) < 4.78 is 25.6. The van der Waals surface area contributed by atoms with Gasteiger partial charge in [0.25, 0.3) is 0 Å². The van der Waals surface area contributed by atoms with Gasteiger partial charge < -0.3 is 15.5 Å². The highest BCUT2D eigenvalue weighted by Crippen LogP contribution is 2.36. The number of aliphatic hydroxyl groups is 1. The molecule has 0 unspecified atom stereocenters. The van der Waals surface area contributed by atoms with Gasteiger partial charge in [-0.15, -0.1) is 0 Å². The third-order valence-corrected chi connectivity index (χ3v) is 2.84. The number of amides is 1. The minimum absolute atomic E-state index is 0.0853. The van der Waals surface area contributed by atoms with Crippen LogP contribution in [0.25, 0.3) is 0 Å². The van der Waals surface area contributed by atoms with Crippen LogP contribution in [0.1, 0.15) is 25.7 Å². The predicted molar refractivity (Wildman–Crippen MR) is 53.6 cm³/mol. The highest BCUT2D eigenvalue weighted by Gasteiger charge is 2.37. The van der Waals surface area contributed by atoms with Crippen LogP contribution >= 0.6 is 0 Å². The van der Waals surface area contributed by atoms with Crippen molar-refractivity contribution in [2.24, 2.45) is 5.92 Å². The molecule has 7 heteroatoms. The second-order valence-electron chi connectivity index (χ2n) is 4.23. The van der Waals surface area contributed by atoms with Crippen LogP contribution in [0.3, 0.4) is 0 Å². The van der Waals surface area contributed by atoms with Gasteiger partial charge in [0.15, 0.2) is 6.10 Å². The Labute approximate surface area is 96.8 Å². The van der Waals surface area contributed by atoms with Gasteiger partial charge >= 0.3 is 5.97 Å². The highest BCUT2D eigenvalue weighted by molar-refractivity contribution is 5.80. The van der Waals surface area contributed by atoms with Crippen LogP contribution in [-0.4, -0.2) is 40.7 Å². The SMILES string of the molecule is O=C(NC[C@H](O)C(=O)O)C1CCC(F)(F)CC1. The maximum atomic E-state index is 12.8. The number of hydrogen-bond donors (Lipinski definition) is 3. The quantitative estimate of drug-likeness (QED) is 0.674. The molecule has 1 amide bonds. The van der Waals surface area contributed by atoms with Crippen molar-refractivity contribution in [2.75, 3.05) is 6.54 Å². The number of carbonyl (C=O) groups is 2. The first-order valence-corrected chi connectivity index (χ1v) is 5.38. The maximum Gasteiger partial charge on any atom is 0.334 e. The molecule has 0 aromatic heterocycles. The molecule has 5 nitrogen and oxygen atoms in total. The molecule has 0 aromatic rings. The van der Waals surface area contributed by atoms with Crippen molar-refractivity contribution in [3.8, 4) is 0 Å². The van der Waals surface area contributed by atoms with Crippen molar-refractivity contribution in [1.29, 1.82) is 0 Å². The Morgan fingerprint density at radius 2 is 1.88 bits per heavy atom. The number of rotatable bonds is 4. The van der Waals surface area contributed by atoms with Gasteiger partial charge in [-0.2, -0.15) is 0 Å². The number of carbonyl (C=O) groups excluding carboxylic acids is 1. The molecular formula is C10H15F2NO4. The average molecular weight is 251 g/mol. The number of halogens is 2. The molecule has 3 N–H and O–H groups in total. The molecule has 1 fully saturated rings. The Balaban J connectivity index is 2.32. The first kappa shape index (κ1) is 13.8. The molecule has 1 aliphatic rings. The van der Waals surface area contributed by atoms with E-state index in [4.69, 9.17) is 10.2 Å². The number of aliphatic hydroxyl groups excluding tert-OH is 1. The van der Waals surface area contributed by atoms with E-state index in [0.717, 1.165) is 0 Å². The van der Waals surface area contributed by atoms with Gasteiger partial charge in [-0.3, -0.25) is 4.79 Å². The summed E-state index contributed by atoms with van der Waals surface area (Å²) in [6.45, 7) is -0.402. The summed E-state index contributed by atoms with van der Waals surface area (Å²) in [5, 5.41) is 19.5. The second-order valence-corrected chi connectivity index (χ2v) is 4.23. The van der Waals surface area contributed by atoms with Crippen LogP contribution in [-0.2, 0) is 9.59 Å². The molecule has 1 rings (SSSR count). The normalized spacial score (nSPS) is 21.8. The molecule has 0 heterocycles. The third kappa shape index (κ3) is 4.26. The molecule has 0 aromatic carbocycles. The minimum atomic E-state index is -2.70. The fourth-order valence-electron chi connectivity index (χ4n) is 1.73. The smallest absolute Gasteiger partial charge is 0.334 e. The van der Waals surface area contributed by atoms with E-state index in [-0.39, 0.29) is 25.7 Å². The van der Waals surface area contributed by atoms with Crippen molar-refractivity contribution in [3.05, 3.63) is 0 Å². The van der Waals surface area contributed by atoms with E-state index in [1.807, 2.05) is 0 Å². The van der Waals surface area contributed by atoms with Gasteiger partial charge in [0, 0.05) is 18.8 Å². The Hall–Kier alpha value is -1.24. The lowest BCUT2D eigenvalue weighted by atomic mass is 9.86.